The molecule has 1 saturated carbocycles. The summed E-state index contributed by atoms with van der Waals surface area (Å²) in [5.41, 5.74) is 0. The third kappa shape index (κ3) is 4.21. The number of nitrogens with zero attached hydrogens (tertiary/aromatic N) is 1. The van der Waals surface area contributed by atoms with Crippen molar-refractivity contribution in [3.63, 3.8) is 0 Å². The van der Waals surface area contributed by atoms with Gasteiger partial charge in [-0.15, -0.1) is 0 Å². The molecule has 114 valence electrons. The SMILES string of the molecule is CCNC(=O)CN(CC)C(=O)C1CCCCC1C(=O)O. The Balaban J connectivity index is 2.72. The highest BCUT2D eigenvalue weighted by atomic mass is 16.4. The van der Waals surface area contributed by atoms with Gasteiger partial charge in [-0.2, -0.15) is 0 Å². The molecule has 0 saturated heterocycles. The van der Waals surface area contributed by atoms with Crippen molar-refractivity contribution in [2.24, 2.45) is 11.8 Å². The van der Waals surface area contributed by atoms with E-state index in [2.05, 4.69) is 5.32 Å². The summed E-state index contributed by atoms with van der Waals surface area (Å²) >= 11 is 0. The van der Waals surface area contributed by atoms with Gasteiger partial charge in [-0.05, 0) is 26.7 Å². The van der Waals surface area contributed by atoms with Crippen LogP contribution in [0.15, 0.2) is 0 Å². The molecular formula is C14H24N2O4. The molecule has 2 amide bonds. The Labute approximate surface area is 119 Å². The molecule has 1 aliphatic rings. The summed E-state index contributed by atoms with van der Waals surface area (Å²) in [5.74, 6) is -2.41. The maximum absolute atomic E-state index is 12.5. The second-order valence-corrected chi connectivity index (χ2v) is 5.14. The number of amides is 2. The first-order valence-electron chi connectivity index (χ1n) is 7.29. The third-order valence-corrected chi connectivity index (χ3v) is 3.80. The van der Waals surface area contributed by atoms with Crippen LogP contribution in [-0.4, -0.2) is 47.4 Å². The van der Waals surface area contributed by atoms with Crippen LogP contribution in [0.2, 0.25) is 0 Å². The zero-order chi connectivity index (χ0) is 15.1. The molecule has 0 aromatic heterocycles. The van der Waals surface area contributed by atoms with E-state index in [0.29, 0.717) is 25.9 Å². The molecule has 0 aromatic carbocycles. The Kier molecular flexibility index (Phi) is 6.48. The first-order valence-corrected chi connectivity index (χ1v) is 7.29. The lowest BCUT2D eigenvalue weighted by molar-refractivity contribution is -0.152. The van der Waals surface area contributed by atoms with E-state index in [1.54, 1.807) is 6.92 Å². The van der Waals surface area contributed by atoms with Crippen LogP contribution in [0.5, 0.6) is 0 Å². The molecule has 0 aromatic rings. The average molecular weight is 284 g/mol. The number of likely N-dealkylation sites (N-methyl/N-ethyl adjacent to an activating group) is 2. The summed E-state index contributed by atoms with van der Waals surface area (Å²) in [6, 6.07) is 0. The van der Waals surface area contributed by atoms with Crippen LogP contribution in [-0.2, 0) is 14.4 Å². The molecule has 1 rings (SSSR count). The lowest BCUT2D eigenvalue weighted by Gasteiger charge is -2.32. The van der Waals surface area contributed by atoms with Gasteiger partial charge in [0.25, 0.3) is 0 Å². The lowest BCUT2D eigenvalue weighted by Crippen LogP contribution is -2.46. The van der Waals surface area contributed by atoms with Gasteiger partial charge < -0.3 is 15.3 Å². The van der Waals surface area contributed by atoms with Gasteiger partial charge >= 0.3 is 5.97 Å². The quantitative estimate of drug-likeness (QED) is 0.757. The fourth-order valence-corrected chi connectivity index (χ4v) is 2.73. The van der Waals surface area contributed by atoms with Crippen molar-refractivity contribution in [2.75, 3.05) is 19.6 Å². The monoisotopic (exact) mass is 284 g/mol. The van der Waals surface area contributed by atoms with E-state index in [1.165, 1.54) is 4.90 Å². The third-order valence-electron chi connectivity index (χ3n) is 3.80. The van der Waals surface area contributed by atoms with E-state index in [0.717, 1.165) is 12.8 Å². The van der Waals surface area contributed by atoms with Crippen LogP contribution in [0.3, 0.4) is 0 Å². The van der Waals surface area contributed by atoms with Crippen molar-refractivity contribution in [1.82, 2.24) is 10.2 Å². The summed E-state index contributed by atoms with van der Waals surface area (Å²) in [4.78, 5) is 36.8. The van der Waals surface area contributed by atoms with Crippen LogP contribution in [0.1, 0.15) is 39.5 Å². The number of carboxylic acid groups (broad SMARTS) is 1. The van der Waals surface area contributed by atoms with Gasteiger partial charge in [0.1, 0.15) is 0 Å². The van der Waals surface area contributed by atoms with E-state index in [4.69, 9.17) is 0 Å². The van der Waals surface area contributed by atoms with Gasteiger partial charge in [0.2, 0.25) is 11.8 Å². The summed E-state index contributed by atoms with van der Waals surface area (Å²) < 4.78 is 0. The van der Waals surface area contributed by atoms with Crippen LogP contribution in [0.4, 0.5) is 0 Å². The number of aliphatic carboxylic acids is 1. The number of carbonyl (C=O) groups excluding carboxylic acids is 2. The summed E-state index contributed by atoms with van der Waals surface area (Å²) in [6.45, 7) is 4.56. The second kappa shape index (κ2) is 7.87. The van der Waals surface area contributed by atoms with Crippen LogP contribution < -0.4 is 5.32 Å². The van der Waals surface area contributed by atoms with E-state index < -0.39 is 17.8 Å². The maximum Gasteiger partial charge on any atom is 0.307 e. The molecule has 2 atom stereocenters. The lowest BCUT2D eigenvalue weighted by atomic mass is 9.78. The Morgan fingerprint density at radius 3 is 2.25 bits per heavy atom. The van der Waals surface area contributed by atoms with Crippen LogP contribution in [0.25, 0.3) is 0 Å². The number of nitrogens with one attached hydrogen (secondary N) is 1. The molecule has 6 heteroatoms. The molecule has 0 spiro atoms. The highest BCUT2D eigenvalue weighted by Gasteiger charge is 2.37. The maximum atomic E-state index is 12.5. The van der Waals surface area contributed by atoms with Crippen molar-refractivity contribution >= 4 is 17.8 Å². The second-order valence-electron chi connectivity index (χ2n) is 5.14. The molecule has 2 unspecified atom stereocenters. The molecule has 1 fully saturated rings. The first kappa shape index (κ1) is 16.5. The Morgan fingerprint density at radius 2 is 1.75 bits per heavy atom. The van der Waals surface area contributed by atoms with Gasteiger partial charge in [0.15, 0.2) is 0 Å². The van der Waals surface area contributed by atoms with Crippen LogP contribution >= 0.6 is 0 Å². The number of hydrogen-bond donors (Lipinski definition) is 2. The highest BCUT2D eigenvalue weighted by molar-refractivity contribution is 5.88. The minimum Gasteiger partial charge on any atom is -0.481 e. The highest BCUT2D eigenvalue weighted by Crippen LogP contribution is 2.31. The van der Waals surface area contributed by atoms with Crippen molar-refractivity contribution in [1.29, 1.82) is 0 Å². The van der Waals surface area contributed by atoms with E-state index >= 15 is 0 Å². The normalized spacial score (nSPS) is 22.1. The number of hydrogen-bond acceptors (Lipinski definition) is 3. The van der Waals surface area contributed by atoms with E-state index in [9.17, 15) is 19.5 Å². The summed E-state index contributed by atoms with van der Waals surface area (Å²) in [5, 5.41) is 11.9. The molecule has 2 N–H and O–H groups in total. The van der Waals surface area contributed by atoms with E-state index in [1.807, 2.05) is 6.92 Å². The van der Waals surface area contributed by atoms with Gasteiger partial charge in [0.05, 0.1) is 18.4 Å². The minimum absolute atomic E-state index is 0.00596. The average Bonchev–Trinajstić information content (AvgIpc) is 2.44. The van der Waals surface area contributed by atoms with Gasteiger partial charge in [0, 0.05) is 13.1 Å². The van der Waals surface area contributed by atoms with Crippen molar-refractivity contribution in [3.05, 3.63) is 0 Å². The van der Waals surface area contributed by atoms with Crippen molar-refractivity contribution < 1.29 is 19.5 Å². The molecule has 0 heterocycles. The molecule has 1 aliphatic carbocycles. The zero-order valence-corrected chi connectivity index (χ0v) is 12.2. The fourth-order valence-electron chi connectivity index (χ4n) is 2.73. The standard InChI is InChI=1S/C14H24N2O4/c1-3-15-12(17)9-16(4-2)13(18)10-7-5-6-8-11(10)14(19)20/h10-11H,3-9H2,1-2H3,(H,15,17)(H,19,20). The Morgan fingerprint density at radius 1 is 1.15 bits per heavy atom. The van der Waals surface area contributed by atoms with Crippen molar-refractivity contribution in [2.45, 2.75) is 39.5 Å². The topological polar surface area (TPSA) is 86.7 Å². The van der Waals surface area contributed by atoms with Gasteiger partial charge in [-0.3, -0.25) is 14.4 Å². The molecule has 6 nitrogen and oxygen atoms in total. The molecular weight excluding hydrogens is 260 g/mol. The van der Waals surface area contributed by atoms with Crippen LogP contribution in [0, 0.1) is 11.8 Å². The minimum atomic E-state index is -0.905. The molecule has 0 bridgehead atoms. The molecule has 0 aliphatic heterocycles. The largest absolute Gasteiger partial charge is 0.481 e. The fraction of sp³-hybridized carbons (Fsp3) is 0.786. The Bertz CT molecular complexity index is 370. The van der Waals surface area contributed by atoms with Gasteiger partial charge in [-0.1, -0.05) is 12.8 Å². The number of carboxylic acids is 1. The first-order chi connectivity index (χ1) is 9.51. The predicted molar refractivity (Wildman–Crippen MR) is 74.0 cm³/mol. The van der Waals surface area contributed by atoms with Crippen molar-refractivity contribution in [3.8, 4) is 0 Å². The summed E-state index contributed by atoms with van der Waals surface area (Å²) in [7, 11) is 0. The van der Waals surface area contributed by atoms with Gasteiger partial charge in [-0.25, -0.2) is 0 Å². The molecule has 20 heavy (non-hydrogen) atoms. The summed E-state index contributed by atoms with van der Waals surface area (Å²) in [6.07, 6.45) is 2.87. The number of carbonyl (C=O) groups is 3. The Hall–Kier alpha value is -1.59. The zero-order valence-electron chi connectivity index (χ0n) is 12.2. The van der Waals surface area contributed by atoms with E-state index in [-0.39, 0.29) is 18.4 Å². The number of rotatable bonds is 6. The smallest absolute Gasteiger partial charge is 0.307 e. The predicted octanol–water partition coefficient (Wildman–Crippen LogP) is 0.862. The molecule has 0 radical (unpaired) electrons.